The van der Waals surface area contributed by atoms with Crippen LogP contribution in [0.2, 0.25) is 0 Å². The monoisotopic (exact) mass is 305 g/mol. The van der Waals surface area contributed by atoms with Gasteiger partial charge in [0.25, 0.3) is 0 Å². The van der Waals surface area contributed by atoms with E-state index in [1.54, 1.807) is 6.92 Å². The van der Waals surface area contributed by atoms with Gasteiger partial charge in [0.15, 0.2) is 0 Å². The number of nitrogen functional groups attached to an aromatic ring is 1. The first-order chi connectivity index (χ1) is 10.0. The molecule has 0 bridgehead atoms. The minimum Gasteiger partial charge on any atom is -0.462 e. The normalized spacial score (nSPS) is 10.4. The minimum absolute atomic E-state index is 0.0826. The fourth-order valence-electron chi connectivity index (χ4n) is 1.77. The Bertz CT molecular complexity index is 656. The standard InChI is InChI=1S/C16H16FNO2S/c1-3-20-16(19)12-8-15(13(17)9-14(12)18)21-11-6-4-10(2)5-7-11/h4-9H,3,18H2,1-2H3. The van der Waals surface area contributed by atoms with Crippen LogP contribution in [-0.4, -0.2) is 12.6 Å². The second-order valence-corrected chi connectivity index (χ2v) is 5.62. The lowest BCUT2D eigenvalue weighted by Crippen LogP contribution is -2.08. The Labute approximate surface area is 127 Å². The van der Waals surface area contributed by atoms with Gasteiger partial charge in [-0.15, -0.1) is 0 Å². The predicted octanol–water partition coefficient (Wildman–Crippen LogP) is 4.04. The lowest BCUT2D eigenvalue weighted by molar-refractivity contribution is 0.0527. The molecule has 0 fully saturated rings. The maximum atomic E-state index is 14.0. The molecule has 0 amide bonds. The summed E-state index contributed by atoms with van der Waals surface area (Å²) in [6, 6.07) is 10.3. The summed E-state index contributed by atoms with van der Waals surface area (Å²) in [5.74, 6) is -0.994. The summed E-state index contributed by atoms with van der Waals surface area (Å²) < 4.78 is 18.9. The smallest absolute Gasteiger partial charge is 0.340 e. The van der Waals surface area contributed by atoms with Gasteiger partial charge in [-0.2, -0.15) is 0 Å². The fourth-order valence-corrected chi connectivity index (χ4v) is 2.63. The van der Waals surface area contributed by atoms with E-state index in [4.69, 9.17) is 10.5 Å². The van der Waals surface area contributed by atoms with E-state index < -0.39 is 11.8 Å². The zero-order chi connectivity index (χ0) is 15.4. The summed E-state index contributed by atoms with van der Waals surface area (Å²) in [6.07, 6.45) is 0. The van der Waals surface area contributed by atoms with E-state index in [1.807, 2.05) is 31.2 Å². The van der Waals surface area contributed by atoms with Crippen LogP contribution < -0.4 is 5.73 Å². The van der Waals surface area contributed by atoms with Crippen molar-refractivity contribution in [1.29, 1.82) is 0 Å². The molecule has 0 spiro atoms. The molecule has 2 aromatic rings. The van der Waals surface area contributed by atoms with Crippen LogP contribution in [0.25, 0.3) is 0 Å². The predicted molar refractivity (Wildman–Crippen MR) is 82.1 cm³/mol. The molecule has 0 unspecified atom stereocenters. The number of ether oxygens (including phenoxy) is 1. The van der Waals surface area contributed by atoms with Crippen molar-refractivity contribution in [2.24, 2.45) is 0 Å². The molecule has 0 aliphatic heterocycles. The molecule has 2 rings (SSSR count). The number of benzene rings is 2. The maximum Gasteiger partial charge on any atom is 0.340 e. The molecule has 3 nitrogen and oxygen atoms in total. The molecule has 5 heteroatoms. The third-order valence-corrected chi connectivity index (χ3v) is 3.89. The fraction of sp³-hybridized carbons (Fsp3) is 0.188. The van der Waals surface area contributed by atoms with E-state index in [0.29, 0.717) is 4.90 Å². The molecule has 21 heavy (non-hydrogen) atoms. The average molecular weight is 305 g/mol. The van der Waals surface area contributed by atoms with E-state index in [9.17, 15) is 9.18 Å². The van der Waals surface area contributed by atoms with E-state index in [2.05, 4.69) is 0 Å². The Morgan fingerprint density at radius 1 is 1.29 bits per heavy atom. The van der Waals surface area contributed by atoms with Gasteiger partial charge in [0.2, 0.25) is 0 Å². The Morgan fingerprint density at radius 3 is 2.57 bits per heavy atom. The van der Waals surface area contributed by atoms with Gasteiger partial charge in [0.05, 0.1) is 12.2 Å². The number of rotatable bonds is 4. The van der Waals surface area contributed by atoms with Crippen molar-refractivity contribution < 1.29 is 13.9 Å². The van der Waals surface area contributed by atoms with Gasteiger partial charge in [-0.3, -0.25) is 0 Å². The first-order valence-corrected chi connectivity index (χ1v) is 7.33. The lowest BCUT2D eigenvalue weighted by atomic mass is 10.2. The number of carbonyl (C=O) groups excluding carboxylic acids is 1. The zero-order valence-corrected chi connectivity index (χ0v) is 12.7. The molecule has 2 aromatic carbocycles. The zero-order valence-electron chi connectivity index (χ0n) is 11.9. The highest BCUT2D eigenvalue weighted by molar-refractivity contribution is 7.99. The van der Waals surface area contributed by atoms with Crippen LogP contribution >= 0.6 is 11.8 Å². The van der Waals surface area contributed by atoms with Crippen LogP contribution in [0.3, 0.4) is 0 Å². The molecule has 0 saturated heterocycles. The first-order valence-electron chi connectivity index (χ1n) is 6.52. The number of halogens is 1. The molecule has 2 N–H and O–H groups in total. The van der Waals surface area contributed by atoms with Crippen LogP contribution in [0, 0.1) is 12.7 Å². The van der Waals surface area contributed by atoms with Crippen LogP contribution in [0.4, 0.5) is 10.1 Å². The number of hydrogen-bond acceptors (Lipinski definition) is 4. The van der Waals surface area contributed by atoms with Gasteiger partial charge in [0, 0.05) is 15.5 Å². The summed E-state index contributed by atoms with van der Waals surface area (Å²) in [5.41, 5.74) is 7.08. The number of nitrogens with two attached hydrogens (primary N) is 1. The number of carbonyl (C=O) groups is 1. The quantitative estimate of drug-likeness (QED) is 0.684. The number of esters is 1. The third-order valence-electron chi connectivity index (χ3n) is 2.85. The lowest BCUT2D eigenvalue weighted by Gasteiger charge is -2.09. The van der Waals surface area contributed by atoms with Gasteiger partial charge < -0.3 is 10.5 Å². The molecule has 110 valence electrons. The molecule has 0 radical (unpaired) electrons. The summed E-state index contributed by atoms with van der Waals surface area (Å²) in [4.78, 5) is 13.0. The van der Waals surface area contributed by atoms with E-state index in [-0.39, 0.29) is 17.9 Å². The number of aryl methyl sites for hydroxylation is 1. The van der Waals surface area contributed by atoms with Gasteiger partial charge in [-0.25, -0.2) is 9.18 Å². The van der Waals surface area contributed by atoms with Crippen molar-refractivity contribution in [3.8, 4) is 0 Å². The van der Waals surface area contributed by atoms with E-state index in [1.165, 1.54) is 17.8 Å². The Morgan fingerprint density at radius 2 is 1.95 bits per heavy atom. The summed E-state index contributed by atoms with van der Waals surface area (Å²) in [5, 5.41) is 0. The van der Waals surface area contributed by atoms with Crippen molar-refractivity contribution in [3.63, 3.8) is 0 Å². The second-order valence-electron chi connectivity index (χ2n) is 4.51. The summed E-state index contributed by atoms with van der Waals surface area (Å²) in [7, 11) is 0. The SMILES string of the molecule is CCOC(=O)c1cc(Sc2ccc(C)cc2)c(F)cc1N. The summed E-state index contributed by atoms with van der Waals surface area (Å²) >= 11 is 1.24. The Hall–Kier alpha value is -2.01. The molecular formula is C16H16FNO2S. The minimum atomic E-state index is -0.541. The molecule has 0 saturated carbocycles. The summed E-state index contributed by atoms with van der Waals surface area (Å²) in [6.45, 7) is 3.94. The van der Waals surface area contributed by atoms with Crippen LogP contribution in [0.5, 0.6) is 0 Å². The van der Waals surface area contributed by atoms with Crippen molar-refractivity contribution in [2.45, 2.75) is 23.6 Å². The molecule has 0 aromatic heterocycles. The van der Waals surface area contributed by atoms with E-state index >= 15 is 0 Å². The Kier molecular flexibility index (Phi) is 4.85. The molecule has 0 aliphatic rings. The number of anilines is 1. The molecule has 0 atom stereocenters. The molecule has 0 heterocycles. The van der Waals surface area contributed by atoms with Crippen molar-refractivity contribution in [3.05, 3.63) is 53.3 Å². The van der Waals surface area contributed by atoms with Crippen molar-refractivity contribution in [2.75, 3.05) is 12.3 Å². The highest BCUT2D eigenvalue weighted by atomic mass is 32.2. The molecular weight excluding hydrogens is 289 g/mol. The second kappa shape index (κ2) is 6.63. The van der Waals surface area contributed by atoms with Gasteiger partial charge in [-0.1, -0.05) is 29.5 Å². The maximum absolute atomic E-state index is 14.0. The largest absolute Gasteiger partial charge is 0.462 e. The highest BCUT2D eigenvalue weighted by Gasteiger charge is 2.16. The molecule has 0 aliphatic carbocycles. The van der Waals surface area contributed by atoms with E-state index in [0.717, 1.165) is 16.5 Å². The van der Waals surface area contributed by atoms with Gasteiger partial charge in [0.1, 0.15) is 5.82 Å². The third kappa shape index (κ3) is 3.76. The first kappa shape index (κ1) is 15.4. The highest BCUT2D eigenvalue weighted by Crippen LogP contribution is 2.32. The van der Waals surface area contributed by atoms with Crippen molar-refractivity contribution >= 4 is 23.4 Å². The van der Waals surface area contributed by atoms with Gasteiger partial charge in [-0.05, 0) is 38.1 Å². The number of hydrogen-bond donors (Lipinski definition) is 1. The van der Waals surface area contributed by atoms with Crippen LogP contribution in [-0.2, 0) is 4.74 Å². The Balaban J connectivity index is 2.32. The van der Waals surface area contributed by atoms with Crippen molar-refractivity contribution in [1.82, 2.24) is 0 Å². The average Bonchev–Trinajstić information content (AvgIpc) is 2.44. The van der Waals surface area contributed by atoms with Crippen LogP contribution in [0.1, 0.15) is 22.8 Å². The van der Waals surface area contributed by atoms with Gasteiger partial charge >= 0.3 is 5.97 Å². The topological polar surface area (TPSA) is 52.3 Å². The van der Waals surface area contributed by atoms with Crippen LogP contribution in [0.15, 0.2) is 46.2 Å².